The molecule has 0 fully saturated rings. The van der Waals surface area contributed by atoms with Crippen LogP contribution >= 0.6 is 11.3 Å². The van der Waals surface area contributed by atoms with Gasteiger partial charge in [-0.2, -0.15) is 9.49 Å². The van der Waals surface area contributed by atoms with Crippen LogP contribution in [0, 0.1) is 5.13 Å². The number of aromatic amines is 2. The van der Waals surface area contributed by atoms with Crippen LogP contribution in [0.4, 0.5) is 10.1 Å². The van der Waals surface area contributed by atoms with Crippen LogP contribution in [-0.4, -0.2) is 36.0 Å². The van der Waals surface area contributed by atoms with Crippen LogP contribution in [-0.2, 0) is 4.79 Å². The molecule has 0 radical (unpaired) electrons. The van der Waals surface area contributed by atoms with Crippen molar-refractivity contribution in [1.29, 1.82) is 0 Å². The molecule has 10 heteroatoms. The van der Waals surface area contributed by atoms with Crippen molar-refractivity contribution in [3.05, 3.63) is 66.3 Å². The molecule has 0 saturated carbocycles. The lowest BCUT2D eigenvalue weighted by Crippen LogP contribution is -2.11. The molecule has 0 saturated heterocycles. The van der Waals surface area contributed by atoms with Gasteiger partial charge in [-0.1, -0.05) is 19.4 Å². The van der Waals surface area contributed by atoms with Crippen LogP contribution in [0.15, 0.2) is 61.2 Å². The minimum atomic E-state index is -0.257. The Labute approximate surface area is 215 Å². The third-order valence-electron chi connectivity index (χ3n) is 6.13. The fraction of sp³-hybridized carbons (Fsp3) is 0.148. The molecule has 5 aromatic heterocycles. The van der Waals surface area contributed by atoms with Crippen LogP contribution in [0.3, 0.4) is 0 Å². The van der Waals surface area contributed by atoms with Crippen molar-refractivity contribution in [1.82, 2.24) is 30.1 Å². The second kappa shape index (κ2) is 9.55. The fourth-order valence-electron chi connectivity index (χ4n) is 4.29. The van der Waals surface area contributed by atoms with E-state index < -0.39 is 0 Å². The zero-order chi connectivity index (χ0) is 25.4. The summed E-state index contributed by atoms with van der Waals surface area (Å²) in [5.41, 5.74) is 6.19. The number of carbonyl (C=O) groups is 1. The van der Waals surface area contributed by atoms with Gasteiger partial charge in [-0.3, -0.25) is 19.9 Å². The Bertz CT molecular complexity index is 1750. The number of benzene rings is 1. The molecule has 0 aliphatic heterocycles. The van der Waals surface area contributed by atoms with Crippen LogP contribution in [0.5, 0.6) is 0 Å². The summed E-state index contributed by atoms with van der Waals surface area (Å²) in [7, 11) is 0. The zero-order valence-corrected chi connectivity index (χ0v) is 20.7. The van der Waals surface area contributed by atoms with Crippen molar-refractivity contribution in [2.24, 2.45) is 0 Å². The van der Waals surface area contributed by atoms with Crippen molar-refractivity contribution < 1.29 is 9.18 Å². The Morgan fingerprint density at radius 1 is 1.03 bits per heavy atom. The Hall–Kier alpha value is -4.44. The van der Waals surface area contributed by atoms with E-state index in [4.69, 9.17) is 4.98 Å². The van der Waals surface area contributed by atoms with Crippen molar-refractivity contribution in [3.63, 3.8) is 0 Å². The maximum atomic E-state index is 13.7. The first-order valence-corrected chi connectivity index (χ1v) is 12.7. The number of hydrogen-bond donors (Lipinski definition) is 3. The molecule has 0 atom stereocenters. The molecule has 0 aliphatic carbocycles. The molecule has 0 bridgehead atoms. The monoisotopic (exact) mass is 511 g/mol. The quantitative estimate of drug-likeness (QED) is 0.225. The number of aromatic nitrogens is 6. The van der Waals surface area contributed by atoms with Crippen molar-refractivity contribution >= 4 is 44.9 Å². The third kappa shape index (κ3) is 4.47. The SMILES string of the molecule is CCCCC(=O)Nc1cncc(-c2ccc3[nH]nc(-c4nc5c(-c6ccc(F)s6)cncc5[nH]4)c3c2)c1. The standard InChI is InChI=1S/C27H22FN7OS/c1-2-3-4-24(36)31-17-9-16(11-29-12-17)15-5-6-20-18(10-15)26(35-34-20)27-32-21-14-30-13-19(25(21)33-27)22-7-8-23(28)37-22/h5-14H,2-4H2,1H3,(H,31,36)(H,32,33)(H,34,35). The molecule has 5 heterocycles. The number of pyridine rings is 2. The number of H-pyrrole nitrogens is 2. The number of imidazole rings is 1. The van der Waals surface area contributed by atoms with E-state index in [1.807, 2.05) is 24.3 Å². The molecule has 1 aromatic carbocycles. The predicted molar refractivity (Wildman–Crippen MR) is 144 cm³/mol. The minimum absolute atomic E-state index is 0.0163. The second-order valence-corrected chi connectivity index (χ2v) is 9.75. The van der Waals surface area contributed by atoms with Gasteiger partial charge in [-0.25, -0.2) is 4.98 Å². The number of anilines is 1. The molecule has 37 heavy (non-hydrogen) atoms. The summed E-state index contributed by atoms with van der Waals surface area (Å²) in [5, 5.41) is 11.1. The molecule has 0 spiro atoms. The molecule has 8 nitrogen and oxygen atoms in total. The van der Waals surface area contributed by atoms with E-state index in [1.54, 1.807) is 30.9 Å². The van der Waals surface area contributed by atoms with Crippen LogP contribution in [0.25, 0.3) is 55.0 Å². The third-order valence-corrected chi connectivity index (χ3v) is 7.04. The fourth-order valence-corrected chi connectivity index (χ4v) is 5.03. The largest absolute Gasteiger partial charge is 0.335 e. The Balaban J connectivity index is 1.37. The lowest BCUT2D eigenvalue weighted by atomic mass is 10.0. The van der Waals surface area contributed by atoms with Gasteiger partial charge in [0.15, 0.2) is 11.0 Å². The molecule has 184 valence electrons. The molecular weight excluding hydrogens is 489 g/mol. The number of nitrogens with one attached hydrogen (secondary N) is 3. The lowest BCUT2D eigenvalue weighted by Gasteiger charge is -2.07. The summed E-state index contributed by atoms with van der Waals surface area (Å²) in [5.74, 6) is 0.567. The first-order chi connectivity index (χ1) is 18.1. The average molecular weight is 512 g/mol. The predicted octanol–water partition coefficient (Wildman–Crippen LogP) is 6.56. The number of fused-ring (bicyclic) bond motifs is 2. The smallest absolute Gasteiger partial charge is 0.224 e. The topological polar surface area (TPSA) is 112 Å². The van der Waals surface area contributed by atoms with Crippen LogP contribution < -0.4 is 5.32 Å². The number of amides is 1. The highest BCUT2D eigenvalue weighted by Gasteiger charge is 2.17. The van der Waals surface area contributed by atoms with Crippen molar-refractivity contribution in [2.75, 3.05) is 5.32 Å². The van der Waals surface area contributed by atoms with Crippen LogP contribution in [0.2, 0.25) is 0 Å². The molecule has 3 N–H and O–H groups in total. The molecule has 6 rings (SSSR count). The van der Waals surface area contributed by atoms with E-state index in [1.165, 1.54) is 6.07 Å². The highest BCUT2D eigenvalue weighted by Crippen LogP contribution is 2.35. The number of rotatable bonds is 7. The van der Waals surface area contributed by atoms with Gasteiger partial charge in [-0.15, -0.1) is 11.3 Å². The number of hydrogen-bond acceptors (Lipinski definition) is 6. The van der Waals surface area contributed by atoms with E-state index in [0.717, 1.165) is 62.2 Å². The highest BCUT2D eigenvalue weighted by molar-refractivity contribution is 7.14. The number of unbranched alkanes of at least 4 members (excludes halogenated alkanes) is 1. The van der Waals surface area contributed by atoms with E-state index >= 15 is 0 Å². The first kappa shape index (κ1) is 23.0. The average Bonchev–Trinajstić information content (AvgIpc) is 3.64. The summed E-state index contributed by atoms with van der Waals surface area (Å²) in [6.07, 6.45) is 9.11. The summed E-state index contributed by atoms with van der Waals surface area (Å²) in [6.45, 7) is 2.06. The number of carbonyl (C=O) groups excluding carboxylic acids is 1. The van der Waals surface area contributed by atoms with Gasteiger partial charge in [-0.05, 0) is 42.3 Å². The number of halogens is 1. The van der Waals surface area contributed by atoms with Gasteiger partial charge in [0.2, 0.25) is 5.91 Å². The summed E-state index contributed by atoms with van der Waals surface area (Å²) >= 11 is 1.06. The number of nitrogens with zero attached hydrogens (tertiary/aromatic N) is 4. The molecular formula is C27H22FN7OS. The molecule has 0 unspecified atom stereocenters. The number of thiophene rings is 1. The maximum absolute atomic E-state index is 13.7. The Kier molecular flexibility index (Phi) is 5.93. The normalized spacial score (nSPS) is 11.4. The summed E-state index contributed by atoms with van der Waals surface area (Å²) < 4.78 is 13.7. The Morgan fingerprint density at radius 2 is 1.92 bits per heavy atom. The van der Waals surface area contributed by atoms with E-state index in [0.29, 0.717) is 29.1 Å². The van der Waals surface area contributed by atoms with Gasteiger partial charge < -0.3 is 10.3 Å². The van der Waals surface area contributed by atoms with Gasteiger partial charge in [0.25, 0.3) is 0 Å². The first-order valence-electron chi connectivity index (χ1n) is 11.9. The molecule has 0 aliphatic rings. The lowest BCUT2D eigenvalue weighted by molar-refractivity contribution is -0.116. The van der Waals surface area contributed by atoms with Crippen molar-refractivity contribution in [3.8, 4) is 33.1 Å². The van der Waals surface area contributed by atoms with Gasteiger partial charge in [0.05, 0.1) is 29.1 Å². The zero-order valence-electron chi connectivity index (χ0n) is 19.9. The van der Waals surface area contributed by atoms with E-state index in [9.17, 15) is 9.18 Å². The minimum Gasteiger partial charge on any atom is -0.335 e. The Morgan fingerprint density at radius 3 is 2.76 bits per heavy atom. The van der Waals surface area contributed by atoms with Gasteiger partial charge in [0.1, 0.15) is 11.2 Å². The highest BCUT2D eigenvalue weighted by atomic mass is 32.1. The van der Waals surface area contributed by atoms with Crippen molar-refractivity contribution in [2.45, 2.75) is 26.2 Å². The second-order valence-electron chi connectivity index (χ2n) is 8.72. The molecule has 6 aromatic rings. The van der Waals surface area contributed by atoms with E-state index in [-0.39, 0.29) is 11.0 Å². The summed E-state index contributed by atoms with van der Waals surface area (Å²) in [6, 6.07) is 11.0. The maximum Gasteiger partial charge on any atom is 0.224 e. The summed E-state index contributed by atoms with van der Waals surface area (Å²) in [4.78, 5) is 29.7. The van der Waals surface area contributed by atoms with Gasteiger partial charge >= 0.3 is 0 Å². The molecule has 1 amide bonds. The van der Waals surface area contributed by atoms with Crippen LogP contribution in [0.1, 0.15) is 26.2 Å². The van der Waals surface area contributed by atoms with E-state index in [2.05, 4.69) is 37.4 Å². The van der Waals surface area contributed by atoms with Gasteiger partial charge in [0, 0.05) is 40.2 Å².